The number of methoxy groups -OCH3 is 1. The molecule has 25 heavy (non-hydrogen) atoms. The van der Waals surface area contributed by atoms with Crippen molar-refractivity contribution in [2.24, 2.45) is 5.92 Å². The Morgan fingerprint density at radius 3 is 2.36 bits per heavy atom. The summed E-state index contributed by atoms with van der Waals surface area (Å²) in [6.07, 6.45) is 2.33. The van der Waals surface area contributed by atoms with E-state index in [0.29, 0.717) is 18.4 Å². The number of hydrogen-bond donors (Lipinski definition) is 1. The predicted molar refractivity (Wildman–Crippen MR) is 95.4 cm³/mol. The number of ether oxygens (including phenoxy) is 1. The molecule has 0 unspecified atom stereocenters. The molecule has 0 aliphatic heterocycles. The van der Waals surface area contributed by atoms with Gasteiger partial charge in [-0.3, -0.25) is 9.59 Å². The van der Waals surface area contributed by atoms with Crippen molar-refractivity contribution < 1.29 is 19.1 Å². The van der Waals surface area contributed by atoms with Crippen LogP contribution in [0.2, 0.25) is 0 Å². The van der Waals surface area contributed by atoms with E-state index in [-0.39, 0.29) is 23.0 Å². The third-order valence-electron chi connectivity index (χ3n) is 4.75. The molecule has 1 aliphatic rings. The number of benzene rings is 1. The summed E-state index contributed by atoms with van der Waals surface area (Å²) in [5.74, 6) is -0.895. The fourth-order valence-electron chi connectivity index (χ4n) is 3.18. The molecule has 2 rings (SSSR count). The Labute approximate surface area is 149 Å². The molecule has 0 heterocycles. The zero-order valence-corrected chi connectivity index (χ0v) is 15.4. The van der Waals surface area contributed by atoms with E-state index < -0.39 is 12.0 Å². The van der Waals surface area contributed by atoms with E-state index in [1.807, 2.05) is 12.1 Å². The molecule has 2 atom stereocenters. The number of carbonyl (C=O) groups excluding carboxylic acids is 3. The summed E-state index contributed by atoms with van der Waals surface area (Å²) in [6, 6.07) is 6.58. The predicted octanol–water partition coefficient (Wildman–Crippen LogP) is 3.01. The van der Waals surface area contributed by atoms with Gasteiger partial charge in [-0.1, -0.05) is 32.9 Å². The Bertz CT molecular complexity index is 643. The molecule has 1 aliphatic carbocycles. The van der Waals surface area contributed by atoms with Gasteiger partial charge in [0, 0.05) is 18.4 Å². The first kappa shape index (κ1) is 19.2. The number of esters is 1. The highest BCUT2D eigenvalue weighted by molar-refractivity contribution is 5.97. The Hall–Kier alpha value is -2.17. The average Bonchev–Trinajstić information content (AvgIpc) is 2.58. The number of hydrogen-bond acceptors (Lipinski definition) is 4. The van der Waals surface area contributed by atoms with Gasteiger partial charge in [0.2, 0.25) is 0 Å². The molecular formula is C20H27NO4. The summed E-state index contributed by atoms with van der Waals surface area (Å²) < 4.78 is 4.84. The maximum Gasteiger partial charge on any atom is 0.328 e. The second-order valence-electron chi connectivity index (χ2n) is 7.70. The van der Waals surface area contributed by atoms with Gasteiger partial charge in [-0.25, -0.2) is 4.79 Å². The lowest BCUT2D eigenvalue weighted by Crippen LogP contribution is -2.48. The number of carbonyl (C=O) groups is 3. The van der Waals surface area contributed by atoms with Gasteiger partial charge in [-0.05, 0) is 41.9 Å². The van der Waals surface area contributed by atoms with Crippen LogP contribution >= 0.6 is 0 Å². The molecule has 1 saturated carbocycles. The monoisotopic (exact) mass is 345 g/mol. The van der Waals surface area contributed by atoms with Gasteiger partial charge in [-0.15, -0.1) is 0 Å². The second kappa shape index (κ2) is 7.81. The molecular weight excluding hydrogens is 318 g/mol. The minimum absolute atomic E-state index is 0.00597. The Kier molecular flexibility index (Phi) is 5.98. The Balaban J connectivity index is 2.13. The molecule has 1 aromatic rings. The van der Waals surface area contributed by atoms with Gasteiger partial charge in [0.15, 0.2) is 0 Å². The lowest BCUT2D eigenvalue weighted by atomic mass is 9.83. The van der Waals surface area contributed by atoms with E-state index in [1.165, 1.54) is 7.11 Å². The Morgan fingerprint density at radius 1 is 1.20 bits per heavy atom. The average molecular weight is 345 g/mol. The van der Waals surface area contributed by atoms with Crippen molar-refractivity contribution in [3.63, 3.8) is 0 Å². The maximum absolute atomic E-state index is 12.6. The fourth-order valence-corrected chi connectivity index (χ4v) is 3.18. The molecule has 1 amide bonds. The molecule has 0 radical (unpaired) electrons. The van der Waals surface area contributed by atoms with Crippen molar-refractivity contribution in [1.82, 2.24) is 5.32 Å². The first-order chi connectivity index (χ1) is 11.7. The van der Waals surface area contributed by atoms with Crippen molar-refractivity contribution in [2.75, 3.05) is 7.11 Å². The minimum atomic E-state index is -0.788. The molecule has 136 valence electrons. The lowest BCUT2D eigenvalue weighted by Gasteiger charge is -2.28. The number of Topliss-reactive ketones (excluding diaryl/α,β-unsaturated/α-hetero) is 1. The van der Waals surface area contributed by atoms with Crippen LogP contribution in [0.5, 0.6) is 0 Å². The summed E-state index contributed by atoms with van der Waals surface area (Å²) in [7, 11) is 1.30. The smallest absolute Gasteiger partial charge is 0.328 e. The van der Waals surface area contributed by atoms with Gasteiger partial charge in [0.05, 0.1) is 7.11 Å². The molecule has 1 aromatic carbocycles. The molecule has 5 heteroatoms. The van der Waals surface area contributed by atoms with Crippen LogP contribution in [-0.2, 0) is 19.7 Å². The third-order valence-corrected chi connectivity index (χ3v) is 4.75. The second-order valence-corrected chi connectivity index (χ2v) is 7.70. The summed E-state index contributed by atoms with van der Waals surface area (Å²) in [5, 5.41) is 2.77. The van der Waals surface area contributed by atoms with Crippen LogP contribution in [0.25, 0.3) is 0 Å². The van der Waals surface area contributed by atoms with E-state index in [4.69, 9.17) is 4.74 Å². The van der Waals surface area contributed by atoms with Gasteiger partial charge in [0.25, 0.3) is 5.91 Å². The number of nitrogens with one attached hydrogen (secondary N) is 1. The van der Waals surface area contributed by atoms with Crippen molar-refractivity contribution in [2.45, 2.75) is 57.9 Å². The number of ketones is 1. The van der Waals surface area contributed by atoms with Crippen molar-refractivity contribution >= 4 is 17.7 Å². The van der Waals surface area contributed by atoms with E-state index >= 15 is 0 Å². The normalized spacial score (nSPS) is 19.2. The van der Waals surface area contributed by atoms with Crippen molar-refractivity contribution in [1.29, 1.82) is 0 Å². The van der Waals surface area contributed by atoms with Crippen LogP contribution in [0.3, 0.4) is 0 Å². The quantitative estimate of drug-likeness (QED) is 0.852. The molecule has 0 aromatic heterocycles. The molecule has 0 spiro atoms. The highest BCUT2D eigenvalue weighted by Crippen LogP contribution is 2.26. The van der Waals surface area contributed by atoms with Gasteiger partial charge < -0.3 is 10.1 Å². The summed E-state index contributed by atoms with van der Waals surface area (Å²) in [6.45, 7) is 6.32. The van der Waals surface area contributed by atoms with Crippen LogP contribution < -0.4 is 5.32 Å². The number of rotatable bonds is 4. The van der Waals surface area contributed by atoms with E-state index in [2.05, 4.69) is 26.1 Å². The fraction of sp³-hybridized carbons (Fsp3) is 0.550. The van der Waals surface area contributed by atoms with Gasteiger partial charge in [-0.2, -0.15) is 0 Å². The zero-order valence-electron chi connectivity index (χ0n) is 15.4. The minimum Gasteiger partial charge on any atom is -0.467 e. The first-order valence-electron chi connectivity index (χ1n) is 8.73. The van der Waals surface area contributed by atoms with Gasteiger partial charge >= 0.3 is 5.97 Å². The standard InChI is InChI=1S/C20H27NO4/c1-20(2,3)15-10-8-13(9-11-15)18(23)21-17(19(24)25-4)14-6-5-7-16(22)12-14/h8-11,14,17H,5-7,12H2,1-4H3,(H,21,23)/t14-,17+/m1/s1. The van der Waals surface area contributed by atoms with Crippen molar-refractivity contribution in [3.05, 3.63) is 35.4 Å². The van der Waals surface area contributed by atoms with Crippen LogP contribution in [0, 0.1) is 5.92 Å². The largest absolute Gasteiger partial charge is 0.467 e. The molecule has 5 nitrogen and oxygen atoms in total. The van der Waals surface area contributed by atoms with Crippen LogP contribution in [0.15, 0.2) is 24.3 Å². The Morgan fingerprint density at radius 2 is 1.84 bits per heavy atom. The topological polar surface area (TPSA) is 72.5 Å². The summed E-state index contributed by atoms with van der Waals surface area (Å²) in [5.41, 5.74) is 1.63. The number of amides is 1. The van der Waals surface area contributed by atoms with Gasteiger partial charge in [0.1, 0.15) is 11.8 Å². The molecule has 0 bridgehead atoms. The summed E-state index contributed by atoms with van der Waals surface area (Å²) in [4.78, 5) is 36.4. The van der Waals surface area contributed by atoms with Crippen LogP contribution in [0.4, 0.5) is 0 Å². The lowest BCUT2D eigenvalue weighted by molar-refractivity contribution is -0.145. The molecule has 1 fully saturated rings. The highest BCUT2D eigenvalue weighted by Gasteiger charge is 2.34. The zero-order chi connectivity index (χ0) is 18.6. The third kappa shape index (κ3) is 4.91. The SMILES string of the molecule is COC(=O)[C@@H](NC(=O)c1ccc(C(C)(C)C)cc1)[C@@H]1CCCC(=O)C1. The summed E-state index contributed by atoms with van der Waals surface area (Å²) >= 11 is 0. The highest BCUT2D eigenvalue weighted by atomic mass is 16.5. The van der Waals surface area contributed by atoms with E-state index in [1.54, 1.807) is 12.1 Å². The first-order valence-corrected chi connectivity index (χ1v) is 8.73. The van der Waals surface area contributed by atoms with E-state index in [9.17, 15) is 14.4 Å². The molecule has 1 N–H and O–H groups in total. The molecule has 0 saturated heterocycles. The maximum atomic E-state index is 12.6. The van der Waals surface area contributed by atoms with E-state index in [0.717, 1.165) is 18.4 Å². The van der Waals surface area contributed by atoms with Crippen LogP contribution in [-0.4, -0.2) is 30.8 Å². The van der Waals surface area contributed by atoms with Crippen LogP contribution in [0.1, 0.15) is 62.4 Å². The van der Waals surface area contributed by atoms with Crippen molar-refractivity contribution in [3.8, 4) is 0 Å².